The maximum atomic E-state index is 12.6. The van der Waals surface area contributed by atoms with Gasteiger partial charge in [0.05, 0.1) is 11.4 Å². The minimum Gasteiger partial charge on any atom is -0.489 e. The quantitative estimate of drug-likeness (QED) is 0.278. The molecular weight excluding hydrogens is 511 g/mol. The van der Waals surface area contributed by atoms with Gasteiger partial charge in [0.2, 0.25) is 5.91 Å². The molecule has 0 radical (unpaired) electrons. The first kappa shape index (κ1) is 28.3. The fourth-order valence-electron chi connectivity index (χ4n) is 3.90. The van der Waals surface area contributed by atoms with Gasteiger partial charge in [-0.15, -0.1) is 0 Å². The Hall–Kier alpha value is -4.23. The molecule has 1 aromatic heterocycles. The van der Waals surface area contributed by atoms with Gasteiger partial charge < -0.3 is 19.8 Å². The number of aliphatic hydroxyl groups is 1. The van der Waals surface area contributed by atoms with E-state index < -0.39 is 30.1 Å². The van der Waals surface area contributed by atoms with Crippen molar-refractivity contribution in [2.24, 2.45) is 5.92 Å². The molecule has 38 heavy (non-hydrogen) atoms. The zero-order valence-corrected chi connectivity index (χ0v) is 20.0. The number of para-hydroxylation sites is 1. The number of hydroxylamine groups is 1. The van der Waals surface area contributed by atoms with Gasteiger partial charge in [0.1, 0.15) is 18.5 Å². The van der Waals surface area contributed by atoms with Crippen molar-refractivity contribution in [3.63, 3.8) is 0 Å². The molecule has 2 amide bonds. The number of alkyl halides is 3. The first-order valence-electron chi connectivity index (χ1n) is 11.2. The zero-order chi connectivity index (χ0) is 28.0. The first-order valence-corrected chi connectivity index (χ1v) is 11.2. The van der Waals surface area contributed by atoms with Crippen molar-refractivity contribution in [2.75, 3.05) is 11.4 Å². The Balaban J connectivity index is 0.000000505. The van der Waals surface area contributed by atoms with Crippen LogP contribution < -0.4 is 15.1 Å². The topological polar surface area (TPSA) is 149 Å². The van der Waals surface area contributed by atoms with Crippen LogP contribution >= 0.6 is 0 Å². The number of nitrogens with zero attached hydrogens (tertiary/aromatic N) is 2. The van der Waals surface area contributed by atoms with Crippen molar-refractivity contribution in [1.82, 2.24) is 10.5 Å². The number of anilines is 1. The van der Waals surface area contributed by atoms with Crippen molar-refractivity contribution >= 4 is 34.4 Å². The van der Waals surface area contributed by atoms with E-state index in [1.165, 1.54) is 10.4 Å². The van der Waals surface area contributed by atoms with E-state index in [1.807, 2.05) is 37.3 Å². The number of hydrogen-bond acceptors (Lipinski definition) is 7. The molecule has 1 fully saturated rings. The van der Waals surface area contributed by atoms with Crippen molar-refractivity contribution in [2.45, 2.75) is 32.2 Å². The fourth-order valence-corrected chi connectivity index (χ4v) is 3.90. The minimum atomic E-state index is -5.08. The molecule has 1 aliphatic heterocycles. The normalized spacial score (nSPS) is 16.0. The van der Waals surface area contributed by atoms with Gasteiger partial charge in [0, 0.05) is 28.9 Å². The van der Waals surface area contributed by atoms with E-state index in [0.717, 1.165) is 22.2 Å². The number of halogens is 3. The number of fused-ring (bicyclic) bond motifs is 1. The van der Waals surface area contributed by atoms with E-state index in [2.05, 4.69) is 4.98 Å². The molecule has 4 N–H and O–H groups in total. The van der Waals surface area contributed by atoms with Crippen LogP contribution in [0.15, 0.2) is 54.6 Å². The molecule has 10 nitrogen and oxygen atoms in total. The number of aryl methyl sites for hydroxylation is 1. The summed E-state index contributed by atoms with van der Waals surface area (Å²) in [7, 11) is 0. The SMILES string of the molecule is Cc1cc(COc2ccc(N3CC[C@H]([C@H](O)C(=O)NO)C3=O)cc2)c2ccccc2n1.O=C(O)C(F)(F)F. The molecule has 2 atom stereocenters. The zero-order valence-electron chi connectivity index (χ0n) is 20.0. The molecule has 202 valence electrons. The van der Waals surface area contributed by atoms with E-state index in [1.54, 1.807) is 24.3 Å². The van der Waals surface area contributed by atoms with Gasteiger partial charge in [-0.1, -0.05) is 18.2 Å². The summed E-state index contributed by atoms with van der Waals surface area (Å²) in [6.07, 6.45) is -6.34. The van der Waals surface area contributed by atoms with Crippen LogP contribution in [-0.2, 0) is 21.0 Å². The smallest absolute Gasteiger partial charge is 0.489 e. The Kier molecular flexibility index (Phi) is 8.86. The van der Waals surface area contributed by atoms with Gasteiger partial charge in [-0.2, -0.15) is 13.2 Å². The monoisotopic (exact) mass is 535 g/mol. The Morgan fingerprint density at radius 1 is 1.18 bits per heavy atom. The fraction of sp³-hybridized carbons (Fsp3) is 0.280. The van der Waals surface area contributed by atoms with Crippen LogP contribution in [-0.4, -0.2) is 57.0 Å². The number of pyridine rings is 1. The number of nitrogens with one attached hydrogen (secondary N) is 1. The maximum Gasteiger partial charge on any atom is 0.490 e. The number of benzene rings is 2. The average Bonchev–Trinajstić information content (AvgIpc) is 3.27. The highest BCUT2D eigenvalue weighted by Crippen LogP contribution is 2.29. The lowest BCUT2D eigenvalue weighted by molar-refractivity contribution is -0.192. The van der Waals surface area contributed by atoms with Crippen LogP contribution in [0.4, 0.5) is 18.9 Å². The average molecular weight is 535 g/mol. The highest BCUT2D eigenvalue weighted by atomic mass is 19.4. The van der Waals surface area contributed by atoms with Gasteiger partial charge in [0.15, 0.2) is 0 Å². The molecule has 1 aliphatic rings. The molecule has 1 saturated heterocycles. The number of rotatable bonds is 6. The van der Waals surface area contributed by atoms with Crippen molar-refractivity contribution in [1.29, 1.82) is 0 Å². The molecule has 13 heteroatoms. The molecule has 0 spiro atoms. The van der Waals surface area contributed by atoms with Crippen LogP contribution in [0.1, 0.15) is 17.7 Å². The van der Waals surface area contributed by atoms with Gasteiger partial charge in [-0.25, -0.2) is 10.3 Å². The summed E-state index contributed by atoms with van der Waals surface area (Å²) in [5.41, 5.74) is 4.93. The Morgan fingerprint density at radius 2 is 1.82 bits per heavy atom. The number of carbonyl (C=O) groups is 3. The van der Waals surface area contributed by atoms with Crippen molar-refractivity contribution < 1.29 is 47.7 Å². The molecule has 2 aromatic carbocycles. The molecule has 0 unspecified atom stereocenters. The highest BCUT2D eigenvalue weighted by Gasteiger charge is 2.40. The number of ether oxygens (including phenoxy) is 1. The Bertz CT molecular complexity index is 1320. The number of carbonyl (C=O) groups excluding carboxylic acids is 2. The van der Waals surface area contributed by atoms with E-state index in [0.29, 0.717) is 31.0 Å². The van der Waals surface area contributed by atoms with E-state index in [-0.39, 0.29) is 5.91 Å². The minimum absolute atomic E-state index is 0.320. The molecule has 0 bridgehead atoms. The number of carboxylic acid groups (broad SMARTS) is 1. The number of aliphatic carboxylic acids is 1. The number of aromatic nitrogens is 1. The molecule has 2 heterocycles. The van der Waals surface area contributed by atoms with Crippen LogP contribution in [0.2, 0.25) is 0 Å². The summed E-state index contributed by atoms with van der Waals surface area (Å²) in [5, 5.41) is 26.8. The lowest BCUT2D eigenvalue weighted by Gasteiger charge is -2.19. The summed E-state index contributed by atoms with van der Waals surface area (Å²) >= 11 is 0. The Labute approximate surface area is 214 Å². The largest absolute Gasteiger partial charge is 0.490 e. The number of carboxylic acids is 1. The maximum absolute atomic E-state index is 12.6. The second-order valence-electron chi connectivity index (χ2n) is 8.33. The highest BCUT2D eigenvalue weighted by molar-refractivity contribution is 6.00. The first-order chi connectivity index (χ1) is 17.9. The van der Waals surface area contributed by atoms with Crippen LogP contribution in [0.5, 0.6) is 5.75 Å². The van der Waals surface area contributed by atoms with E-state index >= 15 is 0 Å². The summed E-state index contributed by atoms with van der Waals surface area (Å²) in [4.78, 5) is 39.0. The van der Waals surface area contributed by atoms with Gasteiger partial charge >= 0.3 is 12.1 Å². The number of hydrogen-bond donors (Lipinski definition) is 4. The van der Waals surface area contributed by atoms with Crippen LogP contribution in [0, 0.1) is 12.8 Å². The summed E-state index contributed by atoms with van der Waals surface area (Å²) in [6.45, 7) is 2.71. The summed E-state index contributed by atoms with van der Waals surface area (Å²) in [6, 6.07) is 17.0. The van der Waals surface area contributed by atoms with Gasteiger partial charge in [0.25, 0.3) is 5.91 Å². The second-order valence-corrected chi connectivity index (χ2v) is 8.33. The third kappa shape index (κ3) is 6.75. The Morgan fingerprint density at radius 3 is 2.42 bits per heavy atom. The molecule has 0 saturated carbocycles. The third-order valence-corrected chi connectivity index (χ3v) is 5.72. The van der Waals surface area contributed by atoms with Crippen molar-refractivity contribution in [3.05, 3.63) is 65.9 Å². The molecular formula is C25H24F3N3O7. The summed E-state index contributed by atoms with van der Waals surface area (Å²) < 4.78 is 37.7. The second kappa shape index (κ2) is 11.9. The van der Waals surface area contributed by atoms with E-state index in [9.17, 15) is 27.9 Å². The van der Waals surface area contributed by atoms with Gasteiger partial charge in [-0.05, 0) is 49.7 Å². The molecule has 3 aromatic rings. The predicted molar refractivity (Wildman–Crippen MR) is 127 cm³/mol. The number of aliphatic hydroxyl groups excluding tert-OH is 1. The molecule has 0 aliphatic carbocycles. The molecule has 4 rings (SSSR count). The van der Waals surface area contributed by atoms with Crippen LogP contribution in [0.3, 0.4) is 0 Å². The summed E-state index contributed by atoms with van der Waals surface area (Å²) in [5.74, 6) is -4.32. The third-order valence-electron chi connectivity index (χ3n) is 5.72. The van der Waals surface area contributed by atoms with Crippen LogP contribution in [0.25, 0.3) is 10.9 Å². The van der Waals surface area contributed by atoms with E-state index in [4.69, 9.17) is 19.8 Å². The lowest BCUT2D eigenvalue weighted by Crippen LogP contribution is -2.41. The number of amides is 2. The van der Waals surface area contributed by atoms with Crippen molar-refractivity contribution in [3.8, 4) is 5.75 Å². The lowest BCUT2D eigenvalue weighted by atomic mass is 10.0. The predicted octanol–water partition coefficient (Wildman–Crippen LogP) is 2.97. The van der Waals surface area contributed by atoms with Gasteiger partial charge in [-0.3, -0.25) is 19.8 Å². The standard InChI is InChI=1S/C23H23N3O5.C2HF3O2/c1-14-12-15(18-4-2-3-5-20(18)24-14)13-31-17-8-6-16(7-9-17)26-11-10-19(23(26)29)21(27)22(28)25-30;3-2(4,5)1(6)7/h2-9,12,19,21,27,30H,10-11,13H2,1H3,(H,25,28);(H,6,7)/t19-,21+;/m1./s1.